The molecule has 2 aromatic heterocycles. The van der Waals surface area contributed by atoms with Gasteiger partial charge >= 0.3 is 0 Å². The molecule has 6 aromatic carbocycles. The van der Waals surface area contributed by atoms with E-state index >= 15 is 0 Å². The molecule has 0 amide bonds. The number of rotatable bonds is 4. The van der Waals surface area contributed by atoms with Crippen molar-refractivity contribution in [3.05, 3.63) is 168 Å². The Morgan fingerprint density at radius 3 is 1.84 bits per heavy atom. The van der Waals surface area contributed by atoms with Crippen LogP contribution in [-0.2, 0) is 5.41 Å². The Hall–Kier alpha value is -5.38. The highest BCUT2D eigenvalue weighted by Crippen LogP contribution is 2.52. The molecule has 0 aliphatic heterocycles. The van der Waals surface area contributed by atoms with E-state index in [1.807, 2.05) is 29.5 Å². The zero-order chi connectivity index (χ0) is 30.0. The molecule has 0 N–H and O–H groups in total. The van der Waals surface area contributed by atoms with Crippen LogP contribution in [0.15, 0.2) is 152 Å². The molecular weight excluding hydrogens is 565 g/mol. The summed E-state index contributed by atoms with van der Waals surface area (Å²) < 4.78 is 2.54. The molecule has 0 spiro atoms. The van der Waals surface area contributed by atoms with Gasteiger partial charge < -0.3 is 0 Å². The van der Waals surface area contributed by atoms with Crippen LogP contribution in [0.4, 0.5) is 0 Å². The van der Waals surface area contributed by atoms with Crippen LogP contribution in [0.5, 0.6) is 0 Å². The van der Waals surface area contributed by atoms with Crippen LogP contribution in [-0.4, -0.2) is 9.97 Å². The highest BCUT2D eigenvalue weighted by atomic mass is 32.1. The highest BCUT2D eigenvalue weighted by molar-refractivity contribution is 7.26. The summed E-state index contributed by atoms with van der Waals surface area (Å²) in [6, 6.07) is 54.3. The summed E-state index contributed by atoms with van der Waals surface area (Å²) in [5, 5.41) is 2.56. The fourth-order valence-electron chi connectivity index (χ4n) is 7.14. The van der Waals surface area contributed by atoms with Crippen molar-refractivity contribution in [2.75, 3.05) is 0 Å². The molecule has 8 aromatic rings. The standard InChI is InChI=1S/C42H28N2S/c1-42(35-19-8-5-14-30(35)31-15-6-9-20-36(31)42)29-24-22-27(23-25-29)37-26-38(44-41(43-37)28-12-3-2-4-13-28)34-18-11-17-33-32-16-7-10-21-39(32)45-40(33)34/h2-26H,1H3. The van der Waals surface area contributed by atoms with E-state index < -0.39 is 0 Å². The van der Waals surface area contributed by atoms with Crippen molar-refractivity contribution in [1.29, 1.82) is 0 Å². The minimum absolute atomic E-state index is 0.228. The lowest BCUT2D eigenvalue weighted by Crippen LogP contribution is -2.22. The summed E-state index contributed by atoms with van der Waals surface area (Å²) in [4.78, 5) is 10.3. The van der Waals surface area contributed by atoms with E-state index in [0.29, 0.717) is 0 Å². The van der Waals surface area contributed by atoms with Gasteiger partial charge in [-0.15, -0.1) is 11.3 Å². The third-order valence-corrected chi connectivity index (χ3v) is 10.6. The molecule has 2 nitrogen and oxygen atoms in total. The Balaban J connectivity index is 1.20. The van der Waals surface area contributed by atoms with Gasteiger partial charge in [0.1, 0.15) is 0 Å². The number of hydrogen-bond donors (Lipinski definition) is 0. The van der Waals surface area contributed by atoms with Crippen LogP contribution >= 0.6 is 11.3 Å². The Labute approximate surface area is 266 Å². The Kier molecular flexibility index (Phi) is 5.84. The van der Waals surface area contributed by atoms with Crippen molar-refractivity contribution in [2.45, 2.75) is 12.3 Å². The second-order valence-corrected chi connectivity index (χ2v) is 13.0. The van der Waals surface area contributed by atoms with Crippen LogP contribution in [0.25, 0.3) is 65.2 Å². The quantitative estimate of drug-likeness (QED) is 0.203. The van der Waals surface area contributed by atoms with E-state index in [9.17, 15) is 0 Å². The van der Waals surface area contributed by atoms with Crippen LogP contribution < -0.4 is 0 Å². The molecule has 212 valence electrons. The van der Waals surface area contributed by atoms with Gasteiger partial charge in [0.15, 0.2) is 5.82 Å². The molecular formula is C42H28N2S. The Morgan fingerprint density at radius 1 is 0.489 bits per heavy atom. The van der Waals surface area contributed by atoms with Gasteiger partial charge in [0.2, 0.25) is 0 Å². The van der Waals surface area contributed by atoms with Gasteiger partial charge in [0, 0.05) is 42.3 Å². The predicted octanol–water partition coefficient (Wildman–Crippen LogP) is 11.2. The average Bonchev–Trinajstić information content (AvgIpc) is 3.62. The third kappa shape index (κ3) is 4.01. The van der Waals surface area contributed by atoms with Crippen molar-refractivity contribution in [3.8, 4) is 45.0 Å². The third-order valence-electron chi connectivity index (χ3n) is 9.42. The maximum Gasteiger partial charge on any atom is 0.160 e. The second kappa shape index (κ2) is 10.1. The Bertz CT molecular complexity index is 2340. The van der Waals surface area contributed by atoms with Crippen LogP contribution in [0.3, 0.4) is 0 Å². The lowest BCUT2D eigenvalue weighted by molar-refractivity contribution is 0.714. The van der Waals surface area contributed by atoms with Crippen molar-refractivity contribution in [1.82, 2.24) is 9.97 Å². The van der Waals surface area contributed by atoms with E-state index in [0.717, 1.165) is 33.9 Å². The molecule has 3 heteroatoms. The van der Waals surface area contributed by atoms with Gasteiger partial charge in [-0.1, -0.05) is 140 Å². The normalized spacial score (nSPS) is 13.2. The fourth-order valence-corrected chi connectivity index (χ4v) is 8.36. The summed E-state index contributed by atoms with van der Waals surface area (Å²) in [7, 11) is 0. The summed E-state index contributed by atoms with van der Waals surface area (Å²) in [6.45, 7) is 2.36. The summed E-state index contributed by atoms with van der Waals surface area (Å²) in [5.41, 5.74) is 11.5. The zero-order valence-electron chi connectivity index (χ0n) is 24.7. The maximum atomic E-state index is 5.16. The smallest absolute Gasteiger partial charge is 0.160 e. The number of nitrogens with zero attached hydrogens (tertiary/aromatic N) is 2. The largest absolute Gasteiger partial charge is 0.228 e. The van der Waals surface area contributed by atoms with Crippen molar-refractivity contribution in [3.63, 3.8) is 0 Å². The first-order valence-electron chi connectivity index (χ1n) is 15.3. The molecule has 0 fully saturated rings. The molecule has 9 rings (SSSR count). The number of hydrogen-bond acceptors (Lipinski definition) is 3. The molecule has 0 unspecified atom stereocenters. The topological polar surface area (TPSA) is 25.8 Å². The first-order chi connectivity index (χ1) is 22.2. The summed E-state index contributed by atoms with van der Waals surface area (Å²) in [6.07, 6.45) is 0. The van der Waals surface area contributed by atoms with Crippen LogP contribution in [0.1, 0.15) is 23.6 Å². The first-order valence-corrected chi connectivity index (χ1v) is 16.2. The summed E-state index contributed by atoms with van der Waals surface area (Å²) >= 11 is 1.83. The maximum absolute atomic E-state index is 5.16. The molecule has 0 bridgehead atoms. The number of fused-ring (bicyclic) bond motifs is 6. The molecule has 0 saturated carbocycles. The fraction of sp³-hybridized carbons (Fsp3) is 0.0476. The molecule has 2 heterocycles. The molecule has 0 atom stereocenters. The monoisotopic (exact) mass is 592 g/mol. The minimum atomic E-state index is -0.228. The highest BCUT2D eigenvalue weighted by Gasteiger charge is 2.40. The SMILES string of the molecule is CC1(c2ccc(-c3cc(-c4cccc5c4sc4ccccc45)nc(-c4ccccc4)n3)cc2)c2ccccc2-c2ccccc21. The van der Waals surface area contributed by atoms with Gasteiger partial charge in [-0.3, -0.25) is 0 Å². The van der Waals surface area contributed by atoms with E-state index in [4.69, 9.17) is 9.97 Å². The van der Waals surface area contributed by atoms with E-state index in [2.05, 4.69) is 140 Å². The van der Waals surface area contributed by atoms with Gasteiger partial charge in [0.05, 0.1) is 11.4 Å². The predicted molar refractivity (Wildman–Crippen MR) is 189 cm³/mol. The average molecular weight is 593 g/mol. The number of thiophene rings is 1. The van der Waals surface area contributed by atoms with Gasteiger partial charge in [-0.05, 0) is 46.9 Å². The Morgan fingerprint density at radius 2 is 1.09 bits per heavy atom. The van der Waals surface area contributed by atoms with E-state index in [1.54, 1.807) is 0 Å². The minimum Gasteiger partial charge on any atom is -0.228 e. The van der Waals surface area contributed by atoms with Crippen LogP contribution in [0, 0.1) is 0 Å². The van der Waals surface area contributed by atoms with Gasteiger partial charge in [0.25, 0.3) is 0 Å². The molecule has 1 aliphatic rings. The lowest BCUT2D eigenvalue weighted by Gasteiger charge is -2.28. The number of aromatic nitrogens is 2. The van der Waals surface area contributed by atoms with Gasteiger partial charge in [-0.2, -0.15) is 0 Å². The van der Waals surface area contributed by atoms with Crippen molar-refractivity contribution in [2.24, 2.45) is 0 Å². The molecule has 0 radical (unpaired) electrons. The molecule has 45 heavy (non-hydrogen) atoms. The first kappa shape index (κ1) is 26.1. The van der Waals surface area contributed by atoms with Crippen molar-refractivity contribution < 1.29 is 0 Å². The van der Waals surface area contributed by atoms with E-state index in [-0.39, 0.29) is 5.41 Å². The van der Waals surface area contributed by atoms with Crippen molar-refractivity contribution >= 4 is 31.5 Å². The zero-order valence-corrected chi connectivity index (χ0v) is 25.6. The van der Waals surface area contributed by atoms with Gasteiger partial charge in [-0.25, -0.2) is 9.97 Å². The number of benzene rings is 6. The summed E-state index contributed by atoms with van der Waals surface area (Å²) in [5.74, 6) is 0.732. The van der Waals surface area contributed by atoms with E-state index in [1.165, 1.54) is 48.0 Å². The second-order valence-electron chi connectivity index (χ2n) is 11.9. The molecule has 0 saturated heterocycles. The molecule has 1 aliphatic carbocycles. The lowest BCUT2D eigenvalue weighted by atomic mass is 9.74. The van der Waals surface area contributed by atoms with Crippen LogP contribution in [0.2, 0.25) is 0 Å².